The zero-order chi connectivity index (χ0) is 16.5. The number of aromatic amines is 1. The first-order valence-corrected chi connectivity index (χ1v) is 8.30. The van der Waals surface area contributed by atoms with Gasteiger partial charge in [-0.15, -0.1) is 0 Å². The van der Waals surface area contributed by atoms with E-state index < -0.39 is 6.67 Å². The van der Waals surface area contributed by atoms with Crippen LogP contribution in [0.1, 0.15) is 31.1 Å². The molecule has 0 aliphatic carbocycles. The monoisotopic (exact) mass is 326 g/mol. The highest BCUT2D eigenvalue weighted by molar-refractivity contribution is 6.01. The van der Waals surface area contributed by atoms with Crippen molar-refractivity contribution in [1.29, 1.82) is 5.26 Å². The number of likely N-dealkylation sites (tertiary alicyclic amines) is 1. The van der Waals surface area contributed by atoms with Gasteiger partial charge in [-0.25, -0.2) is 14.4 Å². The van der Waals surface area contributed by atoms with E-state index in [0.29, 0.717) is 12.2 Å². The van der Waals surface area contributed by atoms with Crippen LogP contribution >= 0.6 is 0 Å². The fourth-order valence-corrected chi connectivity index (χ4v) is 3.74. The van der Waals surface area contributed by atoms with E-state index in [1.807, 2.05) is 12.3 Å². The van der Waals surface area contributed by atoms with Crippen molar-refractivity contribution in [2.45, 2.75) is 32.0 Å². The Morgan fingerprint density at radius 2 is 2.21 bits per heavy atom. The molecule has 1 saturated heterocycles. The number of H-pyrrole nitrogens is 1. The molecule has 0 spiro atoms. The Bertz CT molecular complexity index is 897. The first-order chi connectivity index (χ1) is 11.8. The van der Waals surface area contributed by atoms with Crippen LogP contribution < -0.4 is 0 Å². The van der Waals surface area contributed by atoms with Crippen LogP contribution in [0.5, 0.6) is 0 Å². The maximum atomic E-state index is 13.6. The Morgan fingerprint density at radius 1 is 1.38 bits per heavy atom. The molecule has 0 unspecified atom stereocenters. The van der Waals surface area contributed by atoms with Crippen molar-refractivity contribution < 1.29 is 4.39 Å². The van der Waals surface area contributed by atoms with Crippen LogP contribution in [0, 0.1) is 11.3 Å². The fourth-order valence-electron chi connectivity index (χ4n) is 3.74. The quantitative estimate of drug-likeness (QED) is 0.800. The van der Waals surface area contributed by atoms with Crippen molar-refractivity contribution in [2.75, 3.05) is 19.6 Å². The zero-order valence-corrected chi connectivity index (χ0v) is 13.4. The van der Waals surface area contributed by atoms with E-state index in [9.17, 15) is 4.39 Å². The number of aromatic nitrogens is 4. The maximum absolute atomic E-state index is 13.6. The van der Waals surface area contributed by atoms with E-state index >= 15 is 0 Å². The molecule has 0 saturated carbocycles. The number of halogens is 1. The van der Waals surface area contributed by atoms with Crippen molar-refractivity contribution in [3.8, 4) is 6.07 Å². The number of rotatable bonds is 4. The van der Waals surface area contributed by atoms with Crippen molar-refractivity contribution in [3.05, 3.63) is 24.3 Å². The normalized spacial score (nSPS) is 16.8. The number of fused-ring (bicyclic) bond motifs is 3. The summed E-state index contributed by atoms with van der Waals surface area (Å²) in [6.07, 6.45) is 6.01. The summed E-state index contributed by atoms with van der Waals surface area (Å²) in [4.78, 5) is 14.2. The van der Waals surface area contributed by atoms with E-state index in [4.69, 9.17) is 5.26 Å². The molecule has 3 aromatic rings. The molecule has 24 heavy (non-hydrogen) atoms. The van der Waals surface area contributed by atoms with E-state index in [1.54, 1.807) is 6.20 Å². The summed E-state index contributed by atoms with van der Waals surface area (Å²) in [5.41, 5.74) is 2.53. The highest BCUT2D eigenvalue weighted by Gasteiger charge is 2.25. The van der Waals surface area contributed by atoms with Crippen LogP contribution in [-0.2, 0) is 6.67 Å². The number of pyridine rings is 1. The van der Waals surface area contributed by atoms with Gasteiger partial charge in [-0.2, -0.15) is 5.26 Å². The first-order valence-electron chi connectivity index (χ1n) is 8.30. The minimum atomic E-state index is -0.574. The average Bonchev–Trinajstić information content (AvgIpc) is 3.23. The van der Waals surface area contributed by atoms with Gasteiger partial charge in [0.15, 0.2) is 0 Å². The Labute approximate surface area is 138 Å². The van der Waals surface area contributed by atoms with Gasteiger partial charge in [0.2, 0.25) is 0 Å². The predicted octanol–water partition coefficient (Wildman–Crippen LogP) is 2.93. The molecular formula is C17H19FN6. The SMILES string of the molecule is N#CCCN1CCC(n2c(CF)nc3cnc4[nH]ccc4c32)CC1. The van der Waals surface area contributed by atoms with Crippen LogP contribution in [0.4, 0.5) is 4.39 Å². The summed E-state index contributed by atoms with van der Waals surface area (Å²) in [7, 11) is 0. The molecule has 0 radical (unpaired) electrons. The molecule has 1 aliphatic heterocycles. The lowest BCUT2D eigenvalue weighted by atomic mass is 10.0. The molecule has 6 nitrogen and oxygen atoms in total. The number of nitrogens with one attached hydrogen (secondary N) is 1. The standard InChI is InChI=1S/C17H19FN6/c18-10-15-22-14-11-21-17-13(2-6-20-17)16(14)24(15)12-3-8-23(9-4-12)7-1-5-19/h2,6,11-12H,1,3-4,7-10H2,(H,20,21). The van der Waals surface area contributed by atoms with Gasteiger partial charge in [0.1, 0.15) is 23.7 Å². The van der Waals surface area contributed by atoms with E-state index in [2.05, 4.69) is 30.5 Å². The zero-order valence-electron chi connectivity index (χ0n) is 13.4. The molecule has 0 bridgehead atoms. The number of nitriles is 1. The van der Waals surface area contributed by atoms with Crippen molar-refractivity contribution in [3.63, 3.8) is 0 Å². The minimum Gasteiger partial charge on any atom is -0.346 e. The summed E-state index contributed by atoms with van der Waals surface area (Å²) in [5.74, 6) is 0.482. The van der Waals surface area contributed by atoms with Crippen molar-refractivity contribution in [2.24, 2.45) is 0 Å². The summed E-state index contributed by atoms with van der Waals surface area (Å²) >= 11 is 0. The van der Waals surface area contributed by atoms with Crippen molar-refractivity contribution >= 4 is 22.1 Å². The number of alkyl halides is 1. The summed E-state index contributed by atoms with van der Waals surface area (Å²) in [6, 6.07) is 4.41. The molecule has 4 rings (SSSR count). The Kier molecular flexibility index (Phi) is 3.90. The van der Waals surface area contributed by atoms with Gasteiger partial charge in [0, 0.05) is 43.7 Å². The first kappa shape index (κ1) is 15.1. The van der Waals surface area contributed by atoms with Crippen molar-refractivity contribution in [1.82, 2.24) is 24.4 Å². The van der Waals surface area contributed by atoms with Crippen LogP contribution in [0.2, 0.25) is 0 Å². The smallest absolute Gasteiger partial charge is 0.147 e. The summed E-state index contributed by atoms with van der Waals surface area (Å²) < 4.78 is 15.7. The van der Waals surface area contributed by atoms with E-state index in [-0.39, 0.29) is 6.04 Å². The van der Waals surface area contributed by atoms with Crippen LogP contribution in [0.25, 0.3) is 22.1 Å². The Hall–Kier alpha value is -2.46. The molecule has 7 heteroatoms. The number of imidazole rings is 1. The average molecular weight is 326 g/mol. The van der Waals surface area contributed by atoms with E-state index in [1.165, 1.54) is 0 Å². The molecule has 124 valence electrons. The van der Waals surface area contributed by atoms with Gasteiger partial charge in [-0.1, -0.05) is 0 Å². The van der Waals surface area contributed by atoms with Gasteiger partial charge in [0.25, 0.3) is 0 Å². The predicted molar refractivity (Wildman–Crippen MR) is 89.1 cm³/mol. The Balaban J connectivity index is 1.71. The largest absolute Gasteiger partial charge is 0.346 e. The lowest BCUT2D eigenvalue weighted by Gasteiger charge is -2.33. The van der Waals surface area contributed by atoms with Crippen LogP contribution in [0.15, 0.2) is 18.5 Å². The molecule has 1 aliphatic rings. The molecule has 1 N–H and O–H groups in total. The van der Waals surface area contributed by atoms with Crippen LogP contribution in [0.3, 0.4) is 0 Å². The highest BCUT2D eigenvalue weighted by atomic mass is 19.1. The lowest BCUT2D eigenvalue weighted by Crippen LogP contribution is -2.35. The maximum Gasteiger partial charge on any atom is 0.147 e. The number of hydrogen-bond donors (Lipinski definition) is 1. The van der Waals surface area contributed by atoms with Gasteiger partial charge in [-0.3, -0.25) is 0 Å². The number of piperidine rings is 1. The van der Waals surface area contributed by atoms with Gasteiger partial charge in [0.05, 0.1) is 17.8 Å². The topological polar surface area (TPSA) is 73.5 Å². The third-order valence-corrected chi connectivity index (χ3v) is 4.89. The molecule has 0 atom stereocenters. The van der Waals surface area contributed by atoms with E-state index in [0.717, 1.165) is 54.5 Å². The van der Waals surface area contributed by atoms with Gasteiger partial charge < -0.3 is 14.5 Å². The van der Waals surface area contributed by atoms with Gasteiger partial charge >= 0.3 is 0 Å². The number of hydrogen-bond acceptors (Lipinski definition) is 4. The molecule has 4 heterocycles. The molecule has 0 aromatic carbocycles. The summed E-state index contributed by atoms with van der Waals surface area (Å²) in [6.45, 7) is 2.10. The lowest BCUT2D eigenvalue weighted by molar-refractivity contribution is 0.189. The molecule has 3 aromatic heterocycles. The fraction of sp³-hybridized carbons (Fsp3) is 0.471. The highest BCUT2D eigenvalue weighted by Crippen LogP contribution is 2.32. The second-order valence-electron chi connectivity index (χ2n) is 6.24. The third-order valence-electron chi connectivity index (χ3n) is 4.89. The second kappa shape index (κ2) is 6.21. The second-order valence-corrected chi connectivity index (χ2v) is 6.24. The summed E-state index contributed by atoms with van der Waals surface area (Å²) in [5, 5.41) is 9.72. The van der Waals surface area contributed by atoms with Crippen LogP contribution in [-0.4, -0.2) is 44.1 Å². The third kappa shape index (κ3) is 2.43. The minimum absolute atomic E-state index is 0.236. The molecule has 1 fully saturated rings. The molecular weight excluding hydrogens is 307 g/mol. The molecule has 0 amide bonds. The number of nitrogens with zero attached hydrogens (tertiary/aromatic N) is 5. The van der Waals surface area contributed by atoms with Gasteiger partial charge in [-0.05, 0) is 18.9 Å². The Morgan fingerprint density at radius 3 is 2.96 bits per heavy atom.